The smallest absolute Gasteiger partial charge is 0.411 e. The Labute approximate surface area is 168 Å². The van der Waals surface area contributed by atoms with Gasteiger partial charge in [-0.15, -0.1) is 11.3 Å². The van der Waals surface area contributed by atoms with Gasteiger partial charge in [-0.3, -0.25) is 9.69 Å². The van der Waals surface area contributed by atoms with Gasteiger partial charge in [-0.1, -0.05) is 30.3 Å². The lowest BCUT2D eigenvalue weighted by atomic mass is 9.99. The SMILES string of the molecule is O=C(C=Cc1cccs1)N1CCC(N2C(=O)OC3Cc4ccccc4C32)CC1. The van der Waals surface area contributed by atoms with Crippen LogP contribution in [-0.4, -0.2) is 47.0 Å². The summed E-state index contributed by atoms with van der Waals surface area (Å²) >= 11 is 1.62. The van der Waals surface area contributed by atoms with Crippen LogP contribution in [0.25, 0.3) is 6.08 Å². The normalized spacial score (nSPS) is 24.5. The summed E-state index contributed by atoms with van der Waals surface area (Å²) in [4.78, 5) is 29.9. The van der Waals surface area contributed by atoms with E-state index in [1.165, 1.54) is 11.1 Å². The van der Waals surface area contributed by atoms with Crippen LogP contribution in [0.4, 0.5) is 4.79 Å². The number of thiophene rings is 1. The summed E-state index contributed by atoms with van der Waals surface area (Å²) in [5, 5.41) is 2.00. The highest BCUT2D eigenvalue weighted by Gasteiger charge is 2.50. The van der Waals surface area contributed by atoms with Crippen LogP contribution in [0.3, 0.4) is 0 Å². The minimum absolute atomic E-state index is 0.0228. The van der Waals surface area contributed by atoms with Crippen LogP contribution < -0.4 is 0 Å². The first-order chi connectivity index (χ1) is 13.7. The molecule has 2 amide bonds. The van der Waals surface area contributed by atoms with Crippen molar-refractivity contribution in [3.05, 3.63) is 63.9 Å². The highest BCUT2D eigenvalue weighted by molar-refractivity contribution is 7.10. The molecule has 2 unspecified atom stereocenters. The number of ether oxygens (including phenoxy) is 1. The summed E-state index contributed by atoms with van der Waals surface area (Å²) < 4.78 is 5.68. The van der Waals surface area contributed by atoms with E-state index < -0.39 is 0 Å². The maximum atomic E-state index is 12.6. The molecule has 2 aliphatic heterocycles. The van der Waals surface area contributed by atoms with Gasteiger partial charge in [-0.05, 0) is 41.5 Å². The molecule has 0 saturated carbocycles. The van der Waals surface area contributed by atoms with Gasteiger partial charge < -0.3 is 9.64 Å². The van der Waals surface area contributed by atoms with Crippen molar-refractivity contribution >= 4 is 29.4 Å². The van der Waals surface area contributed by atoms with Gasteiger partial charge in [0.05, 0.1) is 6.04 Å². The first-order valence-electron chi connectivity index (χ1n) is 9.78. The fourth-order valence-corrected chi connectivity index (χ4v) is 5.28. The van der Waals surface area contributed by atoms with Crippen molar-refractivity contribution in [3.8, 4) is 0 Å². The maximum Gasteiger partial charge on any atom is 0.411 e. The van der Waals surface area contributed by atoms with E-state index in [-0.39, 0.29) is 30.2 Å². The average Bonchev–Trinajstić information content (AvgIpc) is 3.42. The van der Waals surface area contributed by atoms with Crippen molar-refractivity contribution in [2.75, 3.05) is 13.1 Å². The average molecular weight is 394 g/mol. The van der Waals surface area contributed by atoms with Crippen LogP contribution >= 0.6 is 11.3 Å². The molecule has 2 atom stereocenters. The number of hydrogen-bond acceptors (Lipinski definition) is 4. The Morgan fingerprint density at radius 1 is 1.14 bits per heavy atom. The fraction of sp³-hybridized carbons (Fsp3) is 0.364. The summed E-state index contributed by atoms with van der Waals surface area (Å²) in [5.74, 6) is 0.0416. The summed E-state index contributed by atoms with van der Waals surface area (Å²) in [6.45, 7) is 1.34. The Morgan fingerprint density at radius 3 is 2.75 bits per heavy atom. The molecule has 6 heteroatoms. The molecule has 0 spiro atoms. The Kier molecular flexibility index (Phi) is 4.43. The van der Waals surface area contributed by atoms with E-state index in [0.29, 0.717) is 13.1 Å². The second kappa shape index (κ2) is 7.09. The molecule has 2 aromatic rings. The number of benzene rings is 1. The van der Waals surface area contributed by atoms with Crippen molar-refractivity contribution in [1.82, 2.24) is 9.80 Å². The number of fused-ring (bicyclic) bond motifs is 3. The van der Waals surface area contributed by atoms with Gasteiger partial charge in [0.2, 0.25) is 5.91 Å². The Hall–Kier alpha value is -2.60. The summed E-state index contributed by atoms with van der Waals surface area (Å²) in [5.41, 5.74) is 2.50. The van der Waals surface area contributed by atoms with E-state index in [2.05, 4.69) is 12.1 Å². The molecule has 5 nitrogen and oxygen atoms in total. The van der Waals surface area contributed by atoms with Gasteiger partial charge in [0.1, 0.15) is 6.10 Å². The topological polar surface area (TPSA) is 49.9 Å². The number of carbonyl (C=O) groups is 2. The minimum atomic E-state index is -0.202. The number of carbonyl (C=O) groups excluding carboxylic acids is 2. The number of likely N-dealkylation sites (tertiary alicyclic amines) is 1. The number of rotatable bonds is 3. The van der Waals surface area contributed by atoms with E-state index in [1.807, 2.05) is 45.5 Å². The van der Waals surface area contributed by atoms with Crippen LogP contribution in [0, 0.1) is 0 Å². The monoisotopic (exact) mass is 394 g/mol. The molecule has 1 aromatic heterocycles. The summed E-state index contributed by atoms with van der Waals surface area (Å²) in [6.07, 6.45) is 5.63. The predicted molar refractivity (Wildman–Crippen MR) is 108 cm³/mol. The number of piperidine rings is 1. The zero-order chi connectivity index (χ0) is 19.1. The van der Waals surface area contributed by atoms with Gasteiger partial charge >= 0.3 is 6.09 Å². The second-order valence-corrected chi connectivity index (χ2v) is 8.56. The van der Waals surface area contributed by atoms with Crippen LogP contribution in [0.2, 0.25) is 0 Å². The Morgan fingerprint density at radius 2 is 1.96 bits per heavy atom. The van der Waals surface area contributed by atoms with Crippen molar-refractivity contribution in [2.45, 2.75) is 37.5 Å². The van der Waals surface area contributed by atoms with Crippen LogP contribution in [0.1, 0.15) is 34.9 Å². The van der Waals surface area contributed by atoms with Crippen molar-refractivity contribution in [1.29, 1.82) is 0 Å². The number of nitrogens with zero attached hydrogens (tertiary/aromatic N) is 2. The van der Waals surface area contributed by atoms with Crippen LogP contribution in [0.15, 0.2) is 47.9 Å². The third-order valence-corrected chi connectivity index (χ3v) is 6.85. The van der Waals surface area contributed by atoms with Crippen molar-refractivity contribution in [3.63, 3.8) is 0 Å². The molecule has 0 N–H and O–H groups in total. The van der Waals surface area contributed by atoms with E-state index in [0.717, 1.165) is 24.1 Å². The molecule has 1 aliphatic carbocycles. The third-order valence-electron chi connectivity index (χ3n) is 6.01. The zero-order valence-corrected chi connectivity index (χ0v) is 16.3. The van der Waals surface area contributed by atoms with Gasteiger partial charge in [0, 0.05) is 36.5 Å². The van der Waals surface area contributed by atoms with E-state index in [4.69, 9.17) is 4.74 Å². The predicted octanol–water partition coefficient (Wildman–Crippen LogP) is 3.87. The van der Waals surface area contributed by atoms with E-state index >= 15 is 0 Å². The molecule has 5 rings (SSSR count). The quantitative estimate of drug-likeness (QED) is 0.743. The molecular weight excluding hydrogens is 372 g/mol. The standard InChI is InChI=1S/C22H22N2O3S/c25-20(8-7-17-5-3-13-28-17)23-11-9-16(10-12-23)24-21-18-6-2-1-4-15(18)14-19(21)27-22(24)26/h1-8,13,16,19,21H,9-12,14H2. The zero-order valence-electron chi connectivity index (χ0n) is 15.5. The molecule has 0 bridgehead atoms. The van der Waals surface area contributed by atoms with E-state index in [1.54, 1.807) is 17.4 Å². The Bertz CT molecular complexity index is 916. The van der Waals surface area contributed by atoms with Crippen molar-refractivity contribution < 1.29 is 14.3 Å². The largest absolute Gasteiger partial charge is 0.443 e. The van der Waals surface area contributed by atoms with Crippen molar-refractivity contribution in [2.24, 2.45) is 0 Å². The first kappa shape index (κ1) is 17.5. The van der Waals surface area contributed by atoms with Crippen LogP contribution in [-0.2, 0) is 16.0 Å². The highest BCUT2D eigenvalue weighted by atomic mass is 32.1. The Balaban J connectivity index is 1.25. The number of amides is 2. The van der Waals surface area contributed by atoms with Gasteiger partial charge in [-0.2, -0.15) is 0 Å². The summed E-state index contributed by atoms with van der Waals surface area (Å²) in [6, 6.07) is 12.4. The molecule has 28 heavy (non-hydrogen) atoms. The second-order valence-electron chi connectivity index (χ2n) is 7.58. The fourth-order valence-electron chi connectivity index (χ4n) is 4.66. The molecular formula is C22H22N2O3S. The lowest BCUT2D eigenvalue weighted by Gasteiger charge is -2.37. The highest BCUT2D eigenvalue weighted by Crippen LogP contribution is 2.44. The maximum absolute atomic E-state index is 12.6. The molecule has 0 radical (unpaired) electrons. The van der Waals surface area contributed by atoms with Gasteiger partial charge in [0.15, 0.2) is 0 Å². The van der Waals surface area contributed by atoms with E-state index in [9.17, 15) is 9.59 Å². The molecule has 3 heterocycles. The lowest BCUT2D eigenvalue weighted by Crippen LogP contribution is -2.47. The molecule has 144 valence electrons. The van der Waals surface area contributed by atoms with Crippen LogP contribution in [0.5, 0.6) is 0 Å². The minimum Gasteiger partial charge on any atom is -0.443 e. The molecule has 2 fully saturated rings. The lowest BCUT2D eigenvalue weighted by molar-refractivity contribution is -0.127. The van der Waals surface area contributed by atoms with Gasteiger partial charge in [0.25, 0.3) is 0 Å². The molecule has 3 aliphatic rings. The molecule has 1 aromatic carbocycles. The third kappa shape index (κ3) is 3.02. The first-order valence-corrected chi connectivity index (χ1v) is 10.7. The molecule has 2 saturated heterocycles. The summed E-state index contributed by atoms with van der Waals surface area (Å²) in [7, 11) is 0. The number of hydrogen-bond donors (Lipinski definition) is 0. The van der Waals surface area contributed by atoms with Gasteiger partial charge in [-0.25, -0.2) is 4.79 Å².